The van der Waals surface area contributed by atoms with E-state index >= 15 is 0 Å². The molecule has 28 heavy (non-hydrogen) atoms. The van der Waals surface area contributed by atoms with Crippen molar-refractivity contribution in [1.29, 1.82) is 0 Å². The number of halogens is 1. The van der Waals surface area contributed by atoms with Gasteiger partial charge in [-0.3, -0.25) is 14.7 Å². The van der Waals surface area contributed by atoms with Gasteiger partial charge in [-0.2, -0.15) is 0 Å². The van der Waals surface area contributed by atoms with Crippen LogP contribution in [0.4, 0.5) is 5.13 Å². The van der Waals surface area contributed by atoms with Crippen molar-refractivity contribution in [2.45, 2.75) is 6.54 Å². The van der Waals surface area contributed by atoms with Gasteiger partial charge in [0.2, 0.25) is 0 Å². The zero-order chi connectivity index (χ0) is 19.3. The number of hydrogen-bond donors (Lipinski definition) is 0. The summed E-state index contributed by atoms with van der Waals surface area (Å²) in [5.74, 6) is 0.448. The highest BCUT2D eigenvalue weighted by atomic mass is 35.5. The van der Waals surface area contributed by atoms with Crippen molar-refractivity contribution in [3.05, 3.63) is 83.6 Å². The van der Waals surface area contributed by atoms with Gasteiger partial charge in [0.1, 0.15) is 5.75 Å². The number of nitrogens with zero attached hydrogens (tertiary/aromatic N) is 3. The first kappa shape index (κ1) is 18.4. The fraction of sp³-hybridized carbons (Fsp3) is 0.0952. The summed E-state index contributed by atoms with van der Waals surface area (Å²) in [6.07, 6.45) is 1.70. The highest BCUT2D eigenvalue weighted by molar-refractivity contribution is 7.22. The number of fused-ring (bicyclic) bond motifs is 1. The first-order valence-corrected chi connectivity index (χ1v) is 9.83. The van der Waals surface area contributed by atoms with Crippen molar-refractivity contribution in [1.82, 2.24) is 9.97 Å². The summed E-state index contributed by atoms with van der Waals surface area (Å²) >= 11 is 7.50. The van der Waals surface area contributed by atoms with E-state index in [-0.39, 0.29) is 12.5 Å². The number of carbonyl (C=O) groups is 1. The molecule has 0 aliphatic heterocycles. The van der Waals surface area contributed by atoms with Crippen LogP contribution in [-0.4, -0.2) is 22.5 Å². The Morgan fingerprint density at radius 3 is 2.68 bits per heavy atom. The van der Waals surface area contributed by atoms with Gasteiger partial charge >= 0.3 is 0 Å². The number of carbonyl (C=O) groups excluding carboxylic acids is 1. The summed E-state index contributed by atoms with van der Waals surface area (Å²) in [5.41, 5.74) is 1.57. The molecule has 0 saturated heterocycles. The molecule has 0 atom stereocenters. The van der Waals surface area contributed by atoms with Crippen LogP contribution in [0.25, 0.3) is 10.2 Å². The predicted molar refractivity (Wildman–Crippen MR) is 112 cm³/mol. The van der Waals surface area contributed by atoms with Gasteiger partial charge in [0, 0.05) is 11.2 Å². The number of para-hydroxylation sites is 1. The Bertz CT molecular complexity index is 1090. The van der Waals surface area contributed by atoms with Gasteiger partial charge in [-0.25, -0.2) is 4.98 Å². The lowest BCUT2D eigenvalue weighted by atomic mass is 10.3. The summed E-state index contributed by atoms with van der Waals surface area (Å²) in [5, 5.41) is 1.22. The van der Waals surface area contributed by atoms with Crippen molar-refractivity contribution in [3.8, 4) is 5.75 Å². The predicted octanol–water partition coefficient (Wildman–Crippen LogP) is 4.96. The molecule has 0 bridgehead atoms. The van der Waals surface area contributed by atoms with Gasteiger partial charge in [-0.1, -0.05) is 47.2 Å². The van der Waals surface area contributed by atoms with Crippen molar-refractivity contribution < 1.29 is 9.53 Å². The Balaban J connectivity index is 1.61. The van der Waals surface area contributed by atoms with Crippen molar-refractivity contribution >= 4 is 44.2 Å². The topological polar surface area (TPSA) is 55.3 Å². The number of benzene rings is 2. The smallest absolute Gasteiger partial charge is 0.267 e. The van der Waals surface area contributed by atoms with Crippen LogP contribution in [-0.2, 0) is 11.3 Å². The molecule has 0 fully saturated rings. The zero-order valence-electron chi connectivity index (χ0n) is 14.8. The van der Waals surface area contributed by atoms with Gasteiger partial charge in [0.25, 0.3) is 5.91 Å². The Labute approximate surface area is 171 Å². The maximum Gasteiger partial charge on any atom is 0.267 e. The van der Waals surface area contributed by atoms with Crippen LogP contribution in [0.2, 0.25) is 5.02 Å². The SMILES string of the molecule is O=C(COc1ccccc1)N(Cc1ccccn1)c1nc2ccc(Cl)cc2s1. The molecule has 2 aromatic heterocycles. The number of ether oxygens (including phenoxy) is 1. The molecule has 7 heteroatoms. The quantitative estimate of drug-likeness (QED) is 0.451. The number of pyridine rings is 1. The minimum atomic E-state index is -0.195. The van der Waals surface area contributed by atoms with Crippen molar-refractivity contribution in [2.75, 3.05) is 11.5 Å². The van der Waals surface area contributed by atoms with Crippen molar-refractivity contribution in [3.63, 3.8) is 0 Å². The lowest BCUT2D eigenvalue weighted by Crippen LogP contribution is -2.34. The number of hydrogen-bond acceptors (Lipinski definition) is 5. The lowest BCUT2D eigenvalue weighted by molar-refractivity contribution is -0.120. The monoisotopic (exact) mass is 409 g/mol. The van der Waals surface area contributed by atoms with E-state index in [1.807, 2.05) is 60.7 Å². The molecular weight excluding hydrogens is 394 g/mol. The third-order valence-electron chi connectivity index (χ3n) is 4.02. The molecule has 0 spiro atoms. The molecule has 140 valence electrons. The molecule has 2 heterocycles. The van der Waals surface area contributed by atoms with Gasteiger partial charge in [-0.05, 0) is 42.5 Å². The van der Waals surface area contributed by atoms with Crippen LogP contribution >= 0.6 is 22.9 Å². The number of anilines is 1. The fourth-order valence-corrected chi connectivity index (χ4v) is 3.92. The van der Waals surface area contributed by atoms with E-state index in [4.69, 9.17) is 16.3 Å². The van der Waals surface area contributed by atoms with Crippen molar-refractivity contribution in [2.24, 2.45) is 0 Å². The van der Waals surface area contributed by atoms with E-state index in [1.165, 1.54) is 11.3 Å². The second-order valence-corrected chi connectivity index (χ2v) is 7.46. The third-order valence-corrected chi connectivity index (χ3v) is 5.30. The zero-order valence-corrected chi connectivity index (χ0v) is 16.4. The number of aromatic nitrogens is 2. The van der Waals surface area contributed by atoms with Crippen LogP contribution in [0.3, 0.4) is 0 Å². The Morgan fingerprint density at radius 1 is 1.07 bits per heavy atom. The number of amides is 1. The van der Waals surface area contributed by atoms with Crippen LogP contribution in [0.1, 0.15) is 5.69 Å². The molecule has 1 amide bonds. The molecule has 0 unspecified atom stereocenters. The van der Waals surface area contributed by atoms with E-state index in [2.05, 4.69) is 9.97 Å². The number of rotatable bonds is 6. The summed E-state index contributed by atoms with van der Waals surface area (Å²) < 4.78 is 6.57. The third kappa shape index (κ3) is 4.30. The van der Waals surface area contributed by atoms with E-state index in [1.54, 1.807) is 17.2 Å². The second kappa shape index (κ2) is 8.37. The maximum absolute atomic E-state index is 13.0. The Morgan fingerprint density at radius 2 is 1.89 bits per heavy atom. The van der Waals surface area contributed by atoms with Gasteiger partial charge in [-0.15, -0.1) is 0 Å². The average Bonchev–Trinajstić information content (AvgIpc) is 3.14. The molecule has 0 saturated carbocycles. The van der Waals surface area contributed by atoms with Crippen LogP contribution < -0.4 is 9.64 Å². The Kier molecular flexibility index (Phi) is 5.50. The van der Waals surface area contributed by atoms with Gasteiger partial charge < -0.3 is 4.74 Å². The molecule has 0 aliphatic carbocycles. The number of thiazole rings is 1. The summed E-state index contributed by atoms with van der Waals surface area (Å²) in [4.78, 5) is 23.5. The maximum atomic E-state index is 13.0. The van der Waals surface area contributed by atoms with E-state index < -0.39 is 0 Å². The average molecular weight is 410 g/mol. The minimum Gasteiger partial charge on any atom is -0.484 e. The molecule has 4 rings (SSSR count). The first-order valence-electron chi connectivity index (χ1n) is 8.63. The molecular formula is C21H16ClN3O2S. The summed E-state index contributed by atoms with van der Waals surface area (Å²) in [7, 11) is 0. The summed E-state index contributed by atoms with van der Waals surface area (Å²) in [6.45, 7) is 0.221. The molecule has 0 aliphatic rings. The largest absolute Gasteiger partial charge is 0.484 e. The van der Waals surface area contributed by atoms with Crippen LogP contribution in [0.15, 0.2) is 72.9 Å². The van der Waals surface area contributed by atoms with Gasteiger partial charge in [0.15, 0.2) is 11.7 Å². The Hall–Kier alpha value is -2.96. The highest BCUT2D eigenvalue weighted by Gasteiger charge is 2.21. The normalized spacial score (nSPS) is 10.8. The standard InChI is InChI=1S/C21H16ClN3O2S/c22-15-9-10-18-19(12-15)28-21(24-18)25(13-16-6-4-5-11-23-16)20(26)14-27-17-7-2-1-3-8-17/h1-12H,13-14H2. The van der Waals surface area contributed by atoms with Crippen LogP contribution in [0, 0.1) is 0 Å². The summed E-state index contributed by atoms with van der Waals surface area (Å²) in [6, 6.07) is 20.4. The molecule has 0 radical (unpaired) electrons. The van der Waals surface area contributed by atoms with Crippen LogP contribution in [0.5, 0.6) is 5.75 Å². The fourth-order valence-electron chi connectivity index (χ4n) is 2.66. The minimum absolute atomic E-state index is 0.0898. The highest BCUT2D eigenvalue weighted by Crippen LogP contribution is 2.31. The molecule has 0 N–H and O–H groups in total. The second-order valence-electron chi connectivity index (χ2n) is 6.01. The van der Waals surface area contributed by atoms with E-state index in [0.29, 0.717) is 22.4 Å². The first-order chi connectivity index (χ1) is 13.7. The van der Waals surface area contributed by atoms with E-state index in [0.717, 1.165) is 15.9 Å². The van der Waals surface area contributed by atoms with Gasteiger partial charge in [0.05, 0.1) is 22.5 Å². The van der Waals surface area contributed by atoms with E-state index in [9.17, 15) is 4.79 Å². The molecule has 2 aromatic carbocycles. The lowest BCUT2D eigenvalue weighted by Gasteiger charge is -2.19. The molecule has 4 aromatic rings. The molecule has 5 nitrogen and oxygen atoms in total.